The Kier molecular flexibility index (Phi) is 26.2. The highest BCUT2D eigenvalue weighted by Crippen LogP contribution is 2.23. The molecule has 11 heteroatoms. The molecule has 1 aromatic rings. The first-order valence-corrected chi connectivity index (χ1v) is 16.0. The molecule has 0 saturated heterocycles. The zero-order chi connectivity index (χ0) is 33.4. The predicted molar refractivity (Wildman–Crippen MR) is 167 cm³/mol. The van der Waals surface area contributed by atoms with Gasteiger partial charge in [0.15, 0.2) is 0 Å². The molecule has 0 radical (unpaired) electrons. The molecule has 0 amide bonds. The van der Waals surface area contributed by atoms with Crippen LogP contribution in [0.3, 0.4) is 0 Å². The van der Waals surface area contributed by atoms with Crippen LogP contribution in [0.5, 0.6) is 0 Å². The normalized spacial score (nSPS) is 9.68. The number of aromatic nitrogens is 1. The molecule has 0 aliphatic carbocycles. The summed E-state index contributed by atoms with van der Waals surface area (Å²) in [5.74, 6) is -2.81. The summed E-state index contributed by atoms with van der Waals surface area (Å²) in [6, 6.07) is 3.77. The van der Waals surface area contributed by atoms with Gasteiger partial charge in [-0.2, -0.15) is 0 Å². The van der Waals surface area contributed by atoms with E-state index in [1.807, 2.05) is 12.1 Å². The van der Waals surface area contributed by atoms with Crippen LogP contribution in [0.2, 0.25) is 19.6 Å². The largest absolute Gasteiger partial charge is 0.478 e. The molecule has 0 bridgehead atoms. The number of hydrogen-bond donors (Lipinski definition) is 6. The van der Waals surface area contributed by atoms with Crippen molar-refractivity contribution in [3.8, 4) is 0 Å². The fourth-order valence-electron chi connectivity index (χ4n) is 1.63. The minimum Gasteiger partial charge on any atom is -0.478 e. The van der Waals surface area contributed by atoms with Crippen LogP contribution in [0.15, 0.2) is 73.6 Å². The van der Waals surface area contributed by atoms with Crippen LogP contribution in [0, 0.1) is 5.41 Å². The summed E-state index contributed by atoms with van der Waals surface area (Å²) < 4.78 is 0. The predicted octanol–water partition coefficient (Wildman–Crippen LogP) is 4.61. The number of aliphatic carboxylic acids is 3. The SMILES string of the molecule is C=C(C)C(=O)O.C=C(C)C(=O)O.C=C(C)C(=O)O.C=C[Si](C)(C)C.C=Cc1ncccc1CCC(CO)(CO)CO. The summed E-state index contributed by atoms with van der Waals surface area (Å²) in [6.45, 7) is 27.3. The fourth-order valence-corrected chi connectivity index (χ4v) is 1.63. The van der Waals surface area contributed by atoms with Crippen LogP contribution < -0.4 is 0 Å². The molecule has 1 aromatic heterocycles. The molecule has 232 valence electrons. The van der Waals surface area contributed by atoms with Gasteiger partial charge in [-0.05, 0) is 51.3 Å². The van der Waals surface area contributed by atoms with Gasteiger partial charge in [0.25, 0.3) is 0 Å². The van der Waals surface area contributed by atoms with E-state index >= 15 is 0 Å². The highest BCUT2D eigenvalue weighted by Gasteiger charge is 2.27. The number of nitrogens with zero attached hydrogens (tertiary/aromatic N) is 1. The monoisotopic (exact) mass is 595 g/mol. The Morgan fingerprint density at radius 1 is 0.829 bits per heavy atom. The van der Waals surface area contributed by atoms with Crippen molar-refractivity contribution >= 4 is 32.1 Å². The van der Waals surface area contributed by atoms with Crippen molar-refractivity contribution in [1.29, 1.82) is 0 Å². The van der Waals surface area contributed by atoms with Crippen LogP contribution in [-0.4, -0.2) is 81.4 Å². The lowest BCUT2D eigenvalue weighted by molar-refractivity contribution is -0.133. The third kappa shape index (κ3) is 27.7. The average Bonchev–Trinajstić information content (AvgIpc) is 2.90. The van der Waals surface area contributed by atoms with E-state index in [0.29, 0.717) is 12.8 Å². The van der Waals surface area contributed by atoms with E-state index in [2.05, 4.69) is 63.2 Å². The highest BCUT2D eigenvalue weighted by atomic mass is 28.3. The smallest absolute Gasteiger partial charge is 0.330 e. The number of pyridine rings is 1. The van der Waals surface area contributed by atoms with Crippen LogP contribution >= 0.6 is 0 Å². The van der Waals surface area contributed by atoms with E-state index in [0.717, 1.165) is 11.3 Å². The summed E-state index contributed by atoms with van der Waals surface area (Å²) >= 11 is 0. The second kappa shape index (κ2) is 24.2. The number of aryl methyl sites for hydroxylation is 1. The fraction of sp³-hybridized carbons (Fsp3) is 0.400. The molecular weight excluding hydrogens is 546 g/mol. The maximum absolute atomic E-state index is 9.60. The van der Waals surface area contributed by atoms with E-state index in [-0.39, 0.29) is 36.5 Å². The Labute approximate surface area is 245 Å². The zero-order valence-corrected chi connectivity index (χ0v) is 26.3. The third-order valence-electron chi connectivity index (χ3n) is 4.76. The van der Waals surface area contributed by atoms with Crippen molar-refractivity contribution in [2.75, 3.05) is 19.8 Å². The molecule has 1 rings (SSSR count). The van der Waals surface area contributed by atoms with Crippen molar-refractivity contribution in [2.24, 2.45) is 5.41 Å². The number of aliphatic hydroxyl groups excluding tert-OH is 3. The van der Waals surface area contributed by atoms with E-state index in [4.69, 9.17) is 15.3 Å². The van der Waals surface area contributed by atoms with Crippen molar-refractivity contribution in [3.63, 3.8) is 0 Å². The standard InChI is InChI=1S/C13H19NO3.C5H12Si.3C4H6O2/c1-2-12-11(4-3-7-14-12)5-6-13(8-15,9-16)10-17;1-5-6(2,3)4;3*1-3(2)4(5)6/h2-4,7,15-17H,1,5-6,8-10H2;5H,1H2,2-4H3;3*1H2,2H3,(H,5,6). The Hall–Kier alpha value is -3.64. The molecule has 0 atom stereocenters. The molecule has 6 N–H and O–H groups in total. The van der Waals surface area contributed by atoms with Gasteiger partial charge in [-0.25, -0.2) is 14.4 Å². The molecular formula is C30H49NO9Si. The summed E-state index contributed by atoms with van der Waals surface area (Å²) in [5.41, 5.74) is 3.58. The first-order chi connectivity index (χ1) is 18.7. The Bertz CT molecular complexity index is 906. The third-order valence-corrected chi connectivity index (χ3v) is 5.98. The van der Waals surface area contributed by atoms with Gasteiger partial charge in [-0.3, -0.25) is 4.98 Å². The van der Waals surface area contributed by atoms with Gasteiger partial charge in [-0.15, -0.1) is 12.3 Å². The summed E-state index contributed by atoms with van der Waals surface area (Å²) in [4.78, 5) is 33.0. The minimum atomic E-state index is -0.935. The minimum absolute atomic E-state index is 0.176. The van der Waals surface area contributed by atoms with Crippen LogP contribution in [-0.2, 0) is 20.8 Å². The number of carbonyl (C=O) groups is 3. The number of carboxylic acid groups (broad SMARTS) is 3. The Morgan fingerprint density at radius 3 is 1.37 bits per heavy atom. The summed E-state index contributed by atoms with van der Waals surface area (Å²) in [6.07, 6.45) is 4.51. The molecule has 0 aliphatic rings. The van der Waals surface area contributed by atoms with E-state index < -0.39 is 31.4 Å². The molecule has 0 spiro atoms. The highest BCUT2D eigenvalue weighted by molar-refractivity contribution is 6.80. The lowest BCUT2D eigenvalue weighted by Gasteiger charge is -2.27. The van der Waals surface area contributed by atoms with Gasteiger partial charge in [0.05, 0.1) is 33.6 Å². The summed E-state index contributed by atoms with van der Waals surface area (Å²) in [7, 11) is -0.867. The first-order valence-electron chi connectivity index (χ1n) is 12.4. The van der Waals surface area contributed by atoms with Crippen LogP contribution in [0.4, 0.5) is 0 Å². The molecule has 0 unspecified atom stereocenters. The van der Waals surface area contributed by atoms with Crippen LogP contribution in [0.1, 0.15) is 38.4 Å². The van der Waals surface area contributed by atoms with Gasteiger partial charge in [0.1, 0.15) is 0 Å². The van der Waals surface area contributed by atoms with Crippen molar-refractivity contribution < 1.29 is 45.0 Å². The maximum atomic E-state index is 9.60. The molecule has 0 fully saturated rings. The van der Waals surface area contributed by atoms with Crippen LogP contribution in [0.25, 0.3) is 6.08 Å². The van der Waals surface area contributed by atoms with E-state index in [1.165, 1.54) is 20.8 Å². The number of rotatable bonds is 11. The summed E-state index contributed by atoms with van der Waals surface area (Å²) in [5, 5.41) is 51.3. The Morgan fingerprint density at radius 2 is 1.15 bits per heavy atom. The van der Waals surface area contributed by atoms with Gasteiger partial charge < -0.3 is 30.6 Å². The molecule has 0 saturated carbocycles. The van der Waals surface area contributed by atoms with Crippen molar-refractivity contribution in [2.45, 2.75) is 53.3 Å². The van der Waals surface area contributed by atoms with Crippen molar-refractivity contribution in [1.82, 2.24) is 4.98 Å². The number of hydrogen-bond acceptors (Lipinski definition) is 7. The number of aliphatic hydroxyl groups is 3. The van der Waals surface area contributed by atoms with E-state index in [1.54, 1.807) is 12.3 Å². The molecule has 0 aromatic carbocycles. The second-order valence-corrected chi connectivity index (χ2v) is 15.2. The first kappa shape index (κ1) is 44.4. The molecule has 10 nitrogen and oxygen atoms in total. The number of carboxylic acids is 3. The van der Waals surface area contributed by atoms with Gasteiger partial charge in [-0.1, -0.05) is 52.0 Å². The second-order valence-electron chi connectivity index (χ2n) is 10.1. The Balaban J connectivity index is -0.000000237. The average molecular weight is 596 g/mol. The lowest BCUT2D eigenvalue weighted by Crippen LogP contribution is -2.34. The molecule has 1 heterocycles. The lowest BCUT2D eigenvalue weighted by atomic mass is 9.84. The maximum Gasteiger partial charge on any atom is 0.330 e. The topological polar surface area (TPSA) is 185 Å². The zero-order valence-electron chi connectivity index (χ0n) is 25.3. The van der Waals surface area contributed by atoms with Gasteiger partial charge >= 0.3 is 17.9 Å². The van der Waals surface area contributed by atoms with Gasteiger partial charge in [0.2, 0.25) is 0 Å². The van der Waals surface area contributed by atoms with Gasteiger partial charge in [0, 0.05) is 28.3 Å². The van der Waals surface area contributed by atoms with E-state index in [9.17, 15) is 29.7 Å². The van der Waals surface area contributed by atoms with Crippen molar-refractivity contribution in [3.05, 3.63) is 84.9 Å². The molecule has 0 aliphatic heterocycles. The quantitative estimate of drug-likeness (QED) is 0.156. The molecule has 41 heavy (non-hydrogen) atoms.